The minimum Gasteiger partial charge on any atom is -0.465 e. The maximum absolute atomic E-state index is 11.8. The van der Waals surface area contributed by atoms with Gasteiger partial charge in [-0.1, -0.05) is 27.2 Å². The number of nitrogens with zero attached hydrogens (tertiary/aromatic N) is 1. The summed E-state index contributed by atoms with van der Waals surface area (Å²) in [4.78, 5) is 11.8. The number of aryl methyl sites for hydroxylation is 2. The summed E-state index contributed by atoms with van der Waals surface area (Å²) in [5.41, 5.74) is 2.75. The summed E-state index contributed by atoms with van der Waals surface area (Å²) in [5.74, 6) is 0.0133. The average Bonchev–Trinajstić information content (AvgIpc) is 2.73. The van der Waals surface area contributed by atoms with Crippen molar-refractivity contribution in [3.05, 3.63) is 39.6 Å². The zero-order chi connectivity index (χ0) is 13.3. The average molecular weight is 310 g/mol. The topological polar surface area (TPSA) is 52.3 Å². The van der Waals surface area contributed by atoms with Crippen LogP contribution in [0, 0.1) is 13.8 Å². The second kappa shape index (κ2) is 4.94. The highest BCUT2D eigenvalue weighted by molar-refractivity contribution is 9.10. The highest BCUT2D eigenvalue weighted by Crippen LogP contribution is 2.30. The molecule has 0 aliphatic rings. The number of hydrogen-bond donors (Lipinski definition) is 0. The van der Waals surface area contributed by atoms with Gasteiger partial charge in [0.05, 0.1) is 7.11 Å². The van der Waals surface area contributed by atoms with Crippen molar-refractivity contribution in [3.8, 4) is 11.3 Å². The largest absolute Gasteiger partial charge is 0.465 e. The van der Waals surface area contributed by atoms with Gasteiger partial charge in [-0.05, 0) is 31.5 Å². The zero-order valence-corrected chi connectivity index (χ0v) is 11.9. The third-order valence-electron chi connectivity index (χ3n) is 2.71. The Bertz CT molecular complexity index is 604. The van der Waals surface area contributed by atoms with Gasteiger partial charge in [0.15, 0.2) is 0 Å². The monoisotopic (exact) mass is 309 g/mol. The van der Waals surface area contributed by atoms with E-state index in [2.05, 4.69) is 21.1 Å². The number of esters is 1. The van der Waals surface area contributed by atoms with Crippen molar-refractivity contribution in [1.82, 2.24) is 5.16 Å². The normalized spacial score (nSPS) is 10.4. The molecule has 1 heterocycles. The number of aromatic nitrogens is 1. The van der Waals surface area contributed by atoms with Crippen LogP contribution in [-0.4, -0.2) is 18.2 Å². The summed E-state index contributed by atoms with van der Waals surface area (Å²) >= 11 is 3.40. The molecule has 0 fully saturated rings. The van der Waals surface area contributed by atoms with Gasteiger partial charge in [-0.25, -0.2) is 4.79 Å². The minimum atomic E-state index is -0.442. The highest BCUT2D eigenvalue weighted by Gasteiger charge is 2.23. The molecule has 2 aromatic rings. The van der Waals surface area contributed by atoms with Crippen molar-refractivity contribution in [2.75, 3.05) is 7.11 Å². The van der Waals surface area contributed by atoms with E-state index in [9.17, 15) is 4.79 Å². The van der Waals surface area contributed by atoms with Crippen LogP contribution in [0.15, 0.2) is 27.2 Å². The van der Waals surface area contributed by atoms with E-state index < -0.39 is 5.97 Å². The van der Waals surface area contributed by atoms with Crippen LogP contribution in [0.25, 0.3) is 11.3 Å². The van der Waals surface area contributed by atoms with Gasteiger partial charge in [-0.3, -0.25) is 0 Å². The third-order valence-corrected chi connectivity index (χ3v) is 3.20. The Morgan fingerprint density at radius 1 is 1.39 bits per heavy atom. The highest BCUT2D eigenvalue weighted by atomic mass is 79.9. The molecule has 18 heavy (non-hydrogen) atoms. The van der Waals surface area contributed by atoms with E-state index >= 15 is 0 Å². The van der Waals surface area contributed by atoms with Crippen molar-refractivity contribution >= 4 is 21.9 Å². The SMILES string of the molecule is COC(=O)c1c(-c2cc(Br)ccc2C)noc1C. The Kier molecular flexibility index (Phi) is 3.52. The molecule has 1 aromatic heterocycles. The van der Waals surface area contributed by atoms with E-state index in [0.29, 0.717) is 17.0 Å². The molecule has 0 unspecified atom stereocenters. The van der Waals surface area contributed by atoms with Crippen molar-refractivity contribution < 1.29 is 14.1 Å². The van der Waals surface area contributed by atoms with Crippen LogP contribution in [0.1, 0.15) is 21.7 Å². The molecule has 0 saturated carbocycles. The molecule has 1 aromatic carbocycles. The van der Waals surface area contributed by atoms with Gasteiger partial charge in [0.2, 0.25) is 0 Å². The Balaban J connectivity index is 2.64. The quantitative estimate of drug-likeness (QED) is 0.797. The molecule has 5 heteroatoms. The maximum atomic E-state index is 11.8. The smallest absolute Gasteiger partial charge is 0.343 e. The Labute approximate surface area is 113 Å². The van der Waals surface area contributed by atoms with Gasteiger partial charge < -0.3 is 9.26 Å². The standard InChI is InChI=1S/C13H12BrNO3/c1-7-4-5-9(14)6-10(7)12-11(13(16)17-3)8(2)18-15-12/h4-6H,1-3H3. The molecular weight excluding hydrogens is 298 g/mol. The van der Waals surface area contributed by atoms with Crippen molar-refractivity contribution in [2.24, 2.45) is 0 Å². The molecule has 0 atom stereocenters. The van der Waals surface area contributed by atoms with E-state index in [-0.39, 0.29) is 0 Å². The second-order valence-corrected chi connectivity index (χ2v) is 4.83. The van der Waals surface area contributed by atoms with Gasteiger partial charge in [-0.2, -0.15) is 0 Å². The number of benzene rings is 1. The first kappa shape index (κ1) is 12.8. The van der Waals surface area contributed by atoms with Crippen LogP contribution in [0.3, 0.4) is 0 Å². The van der Waals surface area contributed by atoms with E-state index in [0.717, 1.165) is 15.6 Å². The number of rotatable bonds is 2. The fraction of sp³-hybridized carbons (Fsp3) is 0.231. The second-order valence-electron chi connectivity index (χ2n) is 3.91. The number of hydrogen-bond acceptors (Lipinski definition) is 4. The molecule has 0 saturated heterocycles. The Morgan fingerprint density at radius 3 is 2.78 bits per heavy atom. The lowest BCUT2D eigenvalue weighted by atomic mass is 10.0. The summed E-state index contributed by atoms with van der Waals surface area (Å²) in [7, 11) is 1.34. The van der Waals surface area contributed by atoms with Crippen molar-refractivity contribution in [3.63, 3.8) is 0 Å². The lowest BCUT2D eigenvalue weighted by Gasteiger charge is -2.05. The molecule has 94 valence electrons. The predicted octanol–water partition coefficient (Wildman–Crippen LogP) is 3.51. The molecule has 2 rings (SSSR count). The fourth-order valence-electron chi connectivity index (χ4n) is 1.75. The number of carbonyl (C=O) groups excluding carboxylic acids is 1. The number of halogens is 1. The van der Waals surface area contributed by atoms with Crippen LogP contribution >= 0.6 is 15.9 Å². The van der Waals surface area contributed by atoms with E-state index in [1.54, 1.807) is 6.92 Å². The zero-order valence-electron chi connectivity index (χ0n) is 10.3. The molecule has 0 radical (unpaired) electrons. The van der Waals surface area contributed by atoms with E-state index in [1.165, 1.54) is 7.11 Å². The molecular formula is C13H12BrNO3. The van der Waals surface area contributed by atoms with Crippen LogP contribution in [-0.2, 0) is 4.74 Å². The minimum absolute atomic E-state index is 0.374. The fourth-order valence-corrected chi connectivity index (χ4v) is 2.11. The number of ether oxygens (including phenoxy) is 1. The van der Waals surface area contributed by atoms with Gasteiger partial charge in [0.25, 0.3) is 0 Å². The molecule has 0 bridgehead atoms. The first-order chi connectivity index (χ1) is 8.54. The lowest BCUT2D eigenvalue weighted by molar-refractivity contribution is 0.0599. The van der Waals surface area contributed by atoms with Gasteiger partial charge in [0.1, 0.15) is 17.0 Å². The maximum Gasteiger partial charge on any atom is 0.343 e. The molecule has 0 amide bonds. The number of methoxy groups -OCH3 is 1. The Morgan fingerprint density at radius 2 is 2.11 bits per heavy atom. The predicted molar refractivity (Wildman–Crippen MR) is 70.5 cm³/mol. The van der Waals surface area contributed by atoms with Crippen LogP contribution in [0.2, 0.25) is 0 Å². The first-order valence-corrected chi connectivity index (χ1v) is 6.15. The summed E-state index contributed by atoms with van der Waals surface area (Å²) in [5, 5.41) is 3.96. The van der Waals surface area contributed by atoms with Gasteiger partial charge in [-0.15, -0.1) is 0 Å². The van der Waals surface area contributed by atoms with Crippen LogP contribution in [0.5, 0.6) is 0 Å². The molecule has 0 N–H and O–H groups in total. The Hall–Kier alpha value is -1.62. The molecule has 0 spiro atoms. The summed E-state index contributed by atoms with van der Waals surface area (Å²) < 4.78 is 10.8. The van der Waals surface area contributed by atoms with E-state index in [4.69, 9.17) is 9.26 Å². The van der Waals surface area contributed by atoms with Crippen LogP contribution < -0.4 is 0 Å². The third kappa shape index (κ3) is 2.18. The summed E-state index contributed by atoms with van der Waals surface area (Å²) in [6.45, 7) is 3.64. The molecule has 0 aliphatic heterocycles. The molecule has 0 aliphatic carbocycles. The van der Waals surface area contributed by atoms with E-state index in [1.807, 2.05) is 25.1 Å². The van der Waals surface area contributed by atoms with Gasteiger partial charge >= 0.3 is 5.97 Å². The van der Waals surface area contributed by atoms with Gasteiger partial charge in [0, 0.05) is 10.0 Å². The van der Waals surface area contributed by atoms with Crippen LogP contribution in [0.4, 0.5) is 0 Å². The van der Waals surface area contributed by atoms with Crippen molar-refractivity contribution in [2.45, 2.75) is 13.8 Å². The summed E-state index contributed by atoms with van der Waals surface area (Å²) in [6, 6.07) is 5.78. The first-order valence-electron chi connectivity index (χ1n) is 5.35. The molecule has 4 nitrogen and oxygen atoms in total. The lowest BCUT2D eigenvalue weighted by Crippen LogP contribution is -2.04. The van der Waals surface area contributed by atoms with Crippen molar-refractivity contribution in [1.29, 1.82) is 0 Å². The summed E-state index contributed by atoms with van der Waals surface area (Å²) in [6.07, 6.45) is 0. The number of carbonyl (C=O) groups is 1.